The minimum Gasteiger partial charge on any atom is -0.468 e. The lowest BCUT2D eigenvalue weighted by molar-refractivity contribution is -0.141. The Bertz CT molecular complexity index is 291. The monoisotopic (exact) mass is 243 g/mol. The summed E-state index contributed by atoms with van der Waals surface area (Å²) in [6.45, 7) is 5.95. The van der Waals surface area contributed by atoms with Gasteiger partial charge in [0.1, 0.15) is 12.1 Å². The first kappa shape index (κ1) is 13.8. The standard InChI is InChI=1S/C12H21NO4/c1-12(2,3)17-11(15)13(7-9-5-6-9)8-10(14)16-4/h9H,5-8H2,1-4H3. The van der Waals surface area contributed by atoms with E-state index in [-0.39, 0.29) is 6.54 Å². The Kier molecular flexibility index (Phi) is 4.37. The molecule has 0 bridgehead atoms. The predicted molar refractivity (Wildman–Crippen MR) is 62.5 cm³/mol. The number of ether oxygens (including phenoxy) is 2. The molecule has 1 amide bonds. The van der Waals surface area contributed by atoms with Crippen molar-refractivity contribution in [3.8, 4) is 0 Å². The van der Waals surface area contributed by atoms with Crippen molar-refractivity contribution in [1.82, 2.24) is 4.90 Å². The fourth-order valence-electron chi connectivity index (χ4n) is 1.36. The van der Waals surface area contributed by atoms with Gasteiger partial charge in [-0.2, -0.15) is 0 Å². The van der Waals surface area contributed by atoms with Crippen LogP contribution in [0.4, 0.5) is 4.79 Å². The quantitative estimate of drug-likeness (QED) is 0.706. The summed E-state index contributed by atoms with van der Waals surface area (Å²) in [7, 11) is 1.31. The Labute approximate surface area is 102 Å². The predicted octanol–water partition coefficient (Wildman–Crippen LogP) is 1.81. The van der Waals surface area contributed by atoms with Crippen molar-refractivity contribution in [1.29, 1.82) is 0 Å². The van der Waals surface area contributed by atoms with E-state index in [0.717, 1.165) is 12.8 Å². The Morgan fingerprint density at radius 2 is 1.88 bits per heavy atom. The summed E-state index contributed by atoms with van der Waals surface area (Å²) < 4.78 is 9.83. The molecule has 98 valence electrons. The molecule has 1 rings (SSSR count). The molecule has 0 N–H and O–H groups in total. The topological polar surface area (TPSA) is 55.8 Å². The van der Waals surface area contributed by atoms with Crippen LogP contribution in [-0.2, 0) is 14.3 Å². The third-order valence-electron chi connectivity index (χ3n) is 2.37. The van der Waals surface area contributed by atoms with Crippen molar-refractivity contribution < 1.29 is 19.1 Å². The van der Waals surface area contributed by atoms with Gasteiger partial charge in [0.15, 0.2) is 0 Å². The molecule has 0 atom stereocenters. The zero-order chi connectivity index (χ0) is 13.1. The van der Waals surface area contributed by atoms with E-state index in [9.17, 15) is 9.59 Å². The molecule has 1 fully saturated rings. The highest BCUT2D eigenvalue weighted by atomic mass is 16.6. The van der Waals surface area contributed by atoms with Crippen LogP contribution in [0.1, 0.15) is 33.6 Å². The Morgan fingerprint density at radius 3 is 2.29 bits per heavy atom. The Hall–Kier alpha value is -1.26. The number of methoxy groups -OCH3 is 1. The molecule has 0 heterocycles. The zero-order valence-electron chi connectivity index (χ0n) is 11.0. The second-order valence-electron chi connectivity index (χ2n) is 5.38. The number of hydrogen-bond donors (Lipinski definition) is 0. The highest BCUT2D eigenvalue weighted by Gasteiger charge is 2.30. The van der Waals surface area contributed by atoms with Gasteiger partial charge in [0.05, 0.1) is 7.11 Å². The van der Waals surface area contributed by atoms with Crippen molar-refractivity contribution in [3.63, 3.8) is 0 Å². The lowest BCUT2D eigenvalue weighted by Crippen LogP contribution is -2.41. The first-order valence-electron chi connectivity index (χ1n) is 5.86. The minimum atomic E-state index is -0.547. The summed E-state index contributed by atoms with van der Waals surface area (Å²) in [6, 6.07) is 0. The van der Waals surface area contributed by atoms with Crippen LogP contribution in [0.2, 0.25) is 0 Å². The van der Waals surface area contributed by atoms with Gasteiger partial charge in [0, 0.05) is 6.54 Å². The third kappa shape index (κ3) is 5.56. The number of carbonyl (C=O) groups is 2. The van der Waals surface area contributed by atoms with Gasteiger partial charge in [-0.1, -0.05) is 0 Å². The SMILES string of the molecule is COC(=O)CN(CC1CC1)C(=O)OC(C)(C)C. The molecule has 5 nitrogen and oxygen atoms in total. The van der Waals surface area contributed by atoms with Gasteiger partial charge in [0.25, 0.3) is 0 Å². The molecule has 0 saturated heterocycles. The number of amides is 1. The van der Waals surface area contributed by atoms with Crippen molar-refractivity contribution in [2.75, 3.05) is 20.2 Å². The van der Waals surface area contributed by atoms with Gasteiger partial charge < -0.3 is 9.47 Å². The van der Waals surface area contributed by atoms with Gasteiger partial charge in [0.2, 0.25) is 0 Å². The molecule has 0 spiro atoms. The molecule has 5 heteroatoms. The second-order valence-corrected chi connectivity index (χ2v) is 5.38. The number of nitrogens with zero attached hydrogens (tertiary/aromatic N) is 1. The smallest absolute Gasteiger partial charge is 0.410 e. The van der Waals surface area contributed by atoms with Crippen molar-refractivity contribution in [2.45, 2.75) is 39.2 Å². The second kappa shape index (κ2) is 5.38. The Balaban J connectivity index is 2.54. The molecule has 0 aromatic heterocycles. The first-order chi connectivity index (χ1) is 7.81. The first-order valence-corrected chi connectivity index (χ1v) is 5.86. The fraction of sp³-hybridized carbons (Fsp3) is 0.833. The van der Waals surface area contributed by atoms with E-state index in [1.165, 1.54) is 12.0 Å². The summed E-state index contributed by atoms with van der Waals surface area (Å²) in [5.74, 6) is 0.0867. The van der Waals surface area contributed by atoms with Gasteiger partial charge in [-0.15, -0.1) is 0 Å². The van der Waals surface area contributed by atoms with Crippen LogP contribution in [0.15, 0.2) is 0 Å². The van der Waals surface area contributed by atoms with E-state index in [1.807, 2.05) is 0 Å². The fourth-order valence-corrected chi connectivity index (χ4v) is 1.36. The van der Waals surface area contributed by atoms with Gasteiger partial charge >= 0.3 is 12.1 Å². The third-order valence-corrected chi connectivity index (χ3v) is 2.37. The molecule has 1 saturated carbocycles. The van der Waals surface area contributed by atoms with Crippen LogP contribution in [0, 0.1) is 5.92 Å². The largest absolute Gasteiger partial charge is 0.468 e. The number of carbonyl (C=O) groups excluding carboxylic acids is 2. The zero-order valence-corrected chi connectivity index (χ0v) is 11.0. The molecule has 0 aliphatic heterocycles. The molecular formula is C12H21NO4. The van der Waals surface area contributed by atoms with Crippen LogP contribution in [0.25, 0.3) is 0 Å². The maximum atomic E-state index is 11.9. The van der Waals surface area contributed by atoms with E-state index in [0.29, 0.717) is 12.5 Å². The molecular weight excluding hydrogens is 222 g/mol. The minimum absolute atomic E-state index is 0.0398. The molecule has 0 unspecified atom stereocenters. The molecule has 0 radical (unpaired) electrons. The van der Waals surface area contributed by atoms with Gasteiger partial charge in [-0.25, -0.2) is 4.79 Å². The van der Waals surface area contributed by atoms with Crippen molar-refractivity contribution in [2.24, 2.45) is 5.92 Å². The normalized spacial score (nSPS) is 15.3. The summed E-state index contributed by atoms with van der Waals surface area (Å²) >= 11 is 0. The maximum absolute atomic E-state index is 11.9. The lowest BCUT2D eigenvalue weighted by Gasteiger charge is -2.26. The van der Waals surface area contributed by atoms with Gasteiger partial charge in [-0.05, 0) is 39.5 Å². The van der Waals surface area contributed by atoms with Crippen LogP contribution in [-0.4, -0.2) is 42.8 Å². The maximum Gasteiger partial charge on any atom is 0.410 e. The summed E-state index contributed by atoms with van der Waals surface area (Å²) in [6.07, 6.45) is 1.77. The van der Waals surface area contributed by atoms with E-state index in [4.69, 9.17) is 4.74 Å². The van der Waals surface area contributed by atoms with Gasteiger partial charge in [-0.3, -0.25) is 9.69 Å². The van der Waals surface area contributed by atoms with E-state index in [2.05, 4.69) is 4.74 Å². The molecule has 0 aromatic rings. The average Bonchev–Trinajstić information content (AvgIpc) is 2.97. The van der Waals surface area contributed by atoms with Crippen LogP contribution >= 0.6 is 0 Å². The lowest BCUT2D eigenvalue weighted by atomic mass is 10.2. The molecule has 1 aliphatic rings. The highest BCUT2D eigenvalue weighted by Crippen LogP contribution is 2.30. The number of esters is 1. The van der Waals surface area contributed by atoms with Crippen LogP contribution in [0.5, 0.6) is 0 Å². The van der Waals surface area contributed by atoms with E-state index in [1.54, 1.807) is 20.8 Å². The molecule has 1 aliphatic carbocycles. The Morgan fingerprint density at radius 1 is 1.29 bits per heavy atom. The molecule has 17 heavy (non-hydrogen) atoms. The van der Waals surface area contributed by atoms with E-state index >= 15 is 0 Å². The summed E-state index contributed by atoms with van der Waals surface area (Å²) in [5.41, 5.74) is -0.547. The molecule has 0 aromatic carbocycles. The number of rotatable bonds is 4. The average molecular weight is 243 g/mol. The number of hydrogen-bond acceptors (Lipinski definition) is 4. The summed E-state index contributed by atoms with van der Waals surface area (Å²) in [5, 5.41) is 0. The highest BCUT2D eigenvalue weighted by molar-refractivity contribution is 5.78. The summed E-state index contributed by atoms with van der Waals surface area (Å²) in [4.78, 5) is 24.5. The van der Waals surface area contributed by atoms with Crippen molar-refractivity contribution in [3.05, 3.63) is 0 Å². The van der Waals surface area contributed by atoms with Crippen LogP contribution < -0.4 is 0 Å². The van der Waals surface area contributed by atoms with Crippen molar-refractivity contribution >= 4 is 12.1 Å². The van der Waals surface area contributed by atoms with Crippen LogP contribution in [0.3, 0.4) is 0 Å². The van der Waals surface area contributed by atoms with E-state index < -0.39 is 17.7 Å².